The molecule has 7 nitrogen and oxygen atoms in total. The van der Waals surface area contributed by atoms with Crippen LogP contribution in [0.5, 0.6) is 0 Å². The van der Waals surface area contributed by atoms with Gasteiger partial charge in [0.1, 0.15) is 10.6 Å². The van der Waals surface area contributed by atoms with Gasteiger partial charge in [0, 0.05) is 26.3 Å². The van der Waals surface area contributed by atoms with E-state index >= 15 is 0 Å². The molecule has 1 saturated heterocycles. The van der Waals surface area contributed by atoms with E-state index in [9.17, 15) is 13.2 Å². The number of sulfonamides is 1. The van der Waals surface area contributed by atoms with Gasteiger partial charge in [0.2, 0.25) is 0 Å². The zero-order valence-corrected chi connectivity index (χ0v) is 11.5. The van der Waals surface area contributed by atoms with Crippen molar-refractivity contribution in [3.63, 3.8) is 0 Å². The molecule has 0 unspecified atom stereocenters. The number of carbonyl (C=O) groups is 1. The monoisotopic (exact) mass is 287 g/mol. The lowest BCUT2D eigenvalue weighted by Crippen LogP contribution is -2.44. The van der Waals surface area contributed by atoms with Gasteiger partial charge in [-0.25, -0.2) is 18.2 Å². The minimum atomic E-state index is -3.70. The first-order valence-corrected chi connectivity index (χ1v) is 7.55. The molecule has 8 heteroatoms. The molecule has 0 bridgehead atoms. The Kier molecular flexibility index (Phi) is 3.93. The second kappa shape index (κ2) is 5.32. The lowest BCUT2D eigenvalue weighted by molar-refractivity contribution is 0.0686. The van der Waals surface area contributed by atoms with Crippen LogP contribution in [0.25, 0.3) is 0 Å². The summed E-state index contributed by atoms with van der Waals surface area (Å²) in [7, 11) is -2.20. The van der Waals surface area contributed by atoms with Gasteiger partial charge in [-0.3, -0.25) is 0 Å². The highest BCUT2D eigenvalue weighted by Crippen LogP contribution is 2.15. The van der Waals surface area contributed by atoms with Crippen molar-refractivity contribution in [2.24, 2.45) is 7.05 Å². The molecule has 0 aliphatic carbocycles. The Morgan fingerprint density at radius 1 is 1.32 bits per heavy atom. The molecule has 2 heterocycles. The van der Waals surface area contributed by atoms with E-state index in [1.807, 2.05) is 0 Å². The fourth-order valence-corrected chi connectivity index (χ4v) is 3.29. The summed E-state index contributed by atoms with van der Waals surface area (Å²) in [5, 5.41) is 10.6. The normalized spacial score (nSPS) is 17.5. The number of nitrogens with one attached hydrogen (secondary N) is 1. The molecule has 0 radical (unpaired) electrons. The predicted octanol–water partition coefficient (Wildman–Crippen LogP) is 0.402. The van der Waals surface area contributed by atoms with E-state index in [1.165, 1.54) is 17.8 Å². The standard InChI is InChI=1S/C11H17N3O4S/c1-13-8-9(7-10(13)11(15)16)19(17,18)12-14-5-3-2-4-6-14/h7-8,12H,2-6H2,1H3,(H,15,16). The Balaban J connectivity index is 2.19. The molecule has 0 amide bonds. The summed E-state index contributed by atoms with van der Waals surface area (Å²) in [4.78, 5) is 13.4. The number of aromatic nitrogens is 1. The van der Waals surface area contributed by atoms with Gasteiger partial charge in [0.15, 0.2) is 0 Å². The average Bonchev–Trinajstić information content (AvgIpc) is 2.73. The van der Waals surface area contributed by atoms with Crippen molar-refractivity contribution in [2.45, 2.75) is 24.2 Å². The number of hydrogen-bond acceptors (Lipinski definition) is 4. The van der Waals surface area contributed by atoms with Crippen molar-refractivity contribution < 1.29 is 18.3 Å². The third kappa shape index (κ3) is 3.14. The number of aromatic carboxylic acids is 1. The van der Waals surface area contributed by atoms with Gasteiger partial charge < -0.3 is 9.67 Å². The largest absolute Gasteiger partial charge is 0.477 e. The number of rotatable bonds is 4. The summed E-state index contributed by atoms with van der Waals surface area (Å²) >= 11 is 0. The maximum absolute atomic E-state index is 12.1. The second-order valence-corrected chi connectivity index (χ2v) is 6.28. The molecule has 19 heavy (non-hydrogen) atoms. The van der Waals surface area contributed by atoms with Gasteiger partial charge in [-0.05, 0) is 18.9 Å². The van der Waals surface area contributed by atoms with E-state index in [4.69, 9.17) is 5.11 Å². The number of aryl methyl sites for hydroxylation is 1. The first kappa shape index (κ1) is 14.0. The molecule has 0 atom stereocenters. The van der Waals surface area contributed by atoms with Crippen LogP contribution in [0.15, 0.2) is 17.2 Å². The van der Waals surface area contributed by atoms with Crippen molar-refractivity contribution in [1.82, 2.24) is 14.4 Å². The van der Waals surface area contributed by atoms with Crippen LogP contribution in [0.3, 0.4) is 0 Å². The van der Waals surface area contributed by atoms with Gasteiger partial charge in [-0.2, -0.15) is 0 Å². The summed E-state index contributed by atoms with van der Waals surface area (Å²) in [5.41, 5.74) is -0.0565. The summed E-state index contributed by atoms with van der Waals surface area (Å²) in [5.74, 6) is -1.15. The van der Waals surface area contributed by atoms with Gasteiger partial charge in [-0.15, -0.1) is 4.83 Å². The van der Waals surface area contributed by atoms with Crippen LogP contribution in [0.1, 0.15) is 29.8 Å². The molecule has 0 aromatic carbocycles. The van der Waals surface area contributed by atoms with Gasteiger partial charge in [0.05, 0.1) is 0 Å². The first-order valence-electron chi connectivity index (χ1n) is 6.07. The van der Waals surface area contributed by atoms with Crippen molar-refractivity contribution in [3.05, 3.63) is 18.0 Å². The maximum Gasteiger partial charge on any atom is 0.352 e. The lowest BCUT2D eigenvalue weighted by atomic mass is 10.2. The fourth-order valence-electron chi connectivity index (χ4n) is 2.10. The minimum Gasteiger partial charge on any atom is -0.477 e. The third-order valence-corrected chi connectivity index (χ3v) is 4.46. The minimum absolute atomic E-state index is 0.0297. The number of hydrazine groups is 1. The molecular formula is C11H17N3O4S. The fraction of sp³-hybridized carbons (Fsp3) is 0.545. The highest BCUT2D eigenvalue weighted by molar-refractivity contribution is 7.89. The molecule has 106 valence electrons. The van der Waals surface area contributed by atoms with E-state index in [2.05, 4.69) is 4.83 Å². The molecule has 0 spiro atoms. The summed E-state index contributed by atoms with van der Waals surface area (Å²) in [6.45, 7) is 1.36. The van der Waals surface area contributed by atoms with Gasteiger partial charge in [-0.1, -0.05) is 6.42 Å². The lowest BCUT2D eigenvalue weighted by Gasteiger charge is -2.26. The zero-order valence-electron chi connectivity index (χ0n) is 10.7. The summed E-state index contributed by atoms with van der Waals surface area (Å²) in [6.07, 6.45) is 4.32. The molecule has 0 saturated carbocycles. The Bertz CT molecular complexity index is 573. The van der Waals surface area contributed by atoms with E-state index in [1.54, 1.807) is 5.01 Å². The molecule has 1 aliphatic rings. The van der Waals surface area contributed by atoms with Crippen LogP contribution in [-0.4, -0.2) is 42.2 Å². The number of nitrogens with zero attached hydrogens (tertiary/aromatic N) is 2. The van der Waals surface area contributed by atoms with Gasteiger partial charge >= 0.3 is 5.97 Å². The van der Waals surface area contributed by atoms with Crippen LogP contribution in [0, 0.1) is 0 Å². The van der Waals surface area contributed by atoms with Crippen molar-refractivity contribution in [3.8, 4) is 0 Å². The van der Waals surface area contributed by atoms with Crippen molar-refractivity contribution in [1.29, 1.82) is 0 Å². The van der Waals surface area contributed by atoms with Crippen molar-refractivity contribution >= 4 is 16.0 Å². The highest BCUT2D eigenvalue weighted by atomic mass is 32.2. The molecular weight excluding hydrogens is 270 g/mol. The third-order valence-electron chi connectivity index (χ3n) is 3.11. The van der Waals surface area contributed by atoms with Crippen LogP contribution >= 0.6 is 0 Å². The highest BCUT2D eigenvalue weighted by Gasteiger charge is 2.23. The first-order chi connectivity index (χ1) is 8.90. The van der Waals surface area contributed by atoms with Crippen LogP contribution < -0.4 is 4.83 Å². The van der Waals surface area contributed by atoms with Crippen LogP contribution in [0.2, 0.25) is 0 Å². The second-order valence-electron chi connectivity index (χ2n) is 4.62. The molecule has 1 aromatic rings. The SMILES string of the molecule is Cn1cc(S(=O)(=O)NN2CCCCC2)cc1C(=O)O. The molecule has 2 rings (SSSR count). The Labute approximate surface area is 111 Å². The average molecular weight is 287 g/mol. The molecule has 1 fully saturated rings. The van der Waals surface area contributed by atoms with E-state index in [0.29, 0.717) is 13.1 Å². The van der Waals surface area contributed by atoms with E-state index < -0.39 is 16.0 Å². The summed E-state index contributed by atoms with van der Waals surface area (Å²) in [6, 6.07) is 1.16. The number of piperidine rings is 1. The molecule has 1 aromatic heterocycles. The van der Waals surface area contributed by atoms with Crippen LogP contribution in [-0.2, 0) is 17.1 Å². The Morgan fingerprint density at radius 3 is 2.47 bits per heavy atom. The molecule has 1 aliphatic heterocycles. The predicted molar refractivity (Wildman–Crippen MR) is 68.1 cm³/mol. The number of carboxylic acid groups (broad SMARTS) is 1. The maximum atomic E-state index is 12.1. The Morgan fingerprint density at radius 2 is 1.95 bits per heavy atom. The Hall–Kier alpha value is -1.38. The van der Waals surface area contributed by atoms with Crippen molar-refractivity contribution in [2.75, 3.05) is 13.1 Å². The van der Waals surface area contributed by atoms with E-state index in [-0.39, 0.29) is 10.6 Å². The number of carboxylic acids is 1. The smallest absolute Gasteiger partial charge is 0.352 e. The van der Waals surface area contributed by atoms with Crippen LogP contribution in [0.4, 0.5) is 0 Å². The van der Waals surface area contributed by atoms with E-state index in [0.717, 1.165) is 25.3 Å². The quantitative estimate of drug-likeness (QED) is 0.836. The van der Waals surface area contributed by atoms with Gasteiger partial charge in [0.25, 0.3) is 10.0 Å². The number of hydrogen-bond donors (Lipinski definition) is 2. The molecule has 2 N–H and O–H groups in total. The zero-order chi connectivity index (χ0) is 14.0. The topological polar surface area (TPSA) is 91.6 Å². The summed E-state index contributed by atoms with van der Waals surface area (Å²) < 4.78 is 25.5.